The quantitative estimate of drug-likeness (QED) is 0.795. The van der Waals surface area contributed by atoms with Crippen LogP contribution in [0.4, 0.5) is 5.95 Å². The molecule has 0 spiro atoms. The molecule has 16 heavy (non-hydrogen) atoms. The average molecular weight is 241 g/mol. The van der Waals surface area contributed by atoms with Crippen LogP contribution in [0.5, 0.6) is 0 Å². The molecule has 1 heterocycles. The maximum atomic E-state index is 4.51. The van der Waals surface area contributed by atoms with E-state index in [4.69, 9.17) is 0 Å². The monoisotopic (exact) mass is 241 g/mol. The first-order valence-electron chi connectivity index (χ1n) is 5.97. The van der Waals surface area contributed by atoms with Crippen molar-refractivity contribution >= 4 is 17.7 Å². The van der Waals surface area contributed by atoms with Crippen molar-refractivity contribution in [2.45, 2.75) is 45.4 Å². The van der Waals surface area contributed by atoms with Gasteiger partial charge in [0.2, 0.25) is 5.95 Å². The van der Waals surface area contributed by atoms with Crippen LogP contribution in [0.25, 0.3) is 0 Å². The molecule has 1 aromatic heterocycles. The second kappa shape index (κ2) is 6.84. The van der Waals surface area contributed by atoms with Crippen LogP contribution < -0.4 is 5.32 Å². The summed E-state index contributed by atoms with van der Waals surface area (Å²) < 4.78 is 2.23. The van der Waals surface area contributed by atoms with Gasteiger partial charge in [0.1, 0.15) is 0 Å². The molecular weight excluding hydrogens is 218 g/mol. The summed E-state index contributed by atoms with van der Waals surface area (Å²) in [5.41, 5.74) is 1.09. The van der Waals surface area contributed by atoms with Gasteiger partial charge in [-0.05, 0) is 19.6 Å². The summed E-state index contributed by atoms with van der Waals surface area (Å²) in [6.45, 7) is 8.53. The van der Waals surface area contributed by atoms with Gasteiger partial charge in [-0.1, -0.05) is 20.3 Å². The van der Waals surface area contributed by atoms with E-state index in [1.807, 2.05) is 18.7 Å². The van der Waals surface area contributed by atoms with E-state index in [1.54, 1.807) is 0 Å². The van der Waals surface area contributed by atoms with Crippen molar-refractivity contribution in [3.05, 3.63) is 11.9 Å². The van der Waals surface area contributed by atoms with Crippen molar-refractivity contribution in [3.8, 4) is 0 Å². The van der Waals surface area contributed by atoms with Gasteiger partial charge in [-0.15, -0.1) is 0 Å². The van der Waals surface area contributed by atoms with Crippen LogP contribution in [0.1, 0.15) is 32.4 Å². The van der Waals surface area contributed by atoms with Gasteiger partial charge in [0.05, 0.1) is 5.69 Å². The Labute approximate surface area is 103 Å². The SMILES string of the molecule is CCCCn1cc(C)nc1NCC(C)SC. The van der Waals surface area contributed by atoms with E-state index in [-0.39, 0.29) is 0 Å². The Morgan fingerprint density at radius 3 is 2.94 bits per heavy atom. The molecule has 0 radical (unpaired) electrons. The number of nitrogens with zero attached hydrogens (tertiary/aromatic N) is 2. The van der Waals surface area contributed by atoms with Gasteiger partial charge < -0.3 is 9.88 Å². The summed E-state index contributed by atoms with van der Waals surface area (Å²) in [4.78, 5) is 4.51. The van der Waals surface area contributed by atoms with Gasteiger partial charge in [0.15, 0.2) is 0 Å². The predicted octanol–water partition coefficient (Wildman–Crippen LogP) is 3.16. The maximum Gasteiger partial charge on any atom is 0.203 e. The van der Waals surface area contributed by atoms with Crippen LogP contribution in [-0.2, 0) is 6.54 Å². The van der Waals surface area contributed by atoms with Crippen molar-refractivity contribution in [1.82, 2.24) is 9.55 Å². The summed E-state index contributed by atoms with van der Waals surface area (Å²) in [7, 11) is 0. The van der Waals surface area contributed by atoms with Crippen LogP contribution in [-0.4, -0.2) is 27.6 Å². The highest BCUT2D eigenvalue weighted by molar-refractivity contribution is 7.99. The smallest absolute Gasteiger partial charge is 0.203 e. The number of thioether (sulfide) groups is 1. The number of rotatable bonds is 7. The standard InChI is InChI=1S/C12H23N3S/c1-5-6-7-15-9-10(2)14-12(15)13-8-11(3)16-4/h9,11H,5-8H2,1-4H3,(H,13,14). The molecule has 1 unspecified atom stereocenters. The fraction of sp³-hybridized carbons (Fsp3) is 0.750. The first-order valence-corrected chi connectivity index (χ1v) is 7.26. The first-order chi connectivity index (χ1) is 7.67. The molecule has 0 aromatic carbocycles. The molecule has 0 saturated carbocycles. The fourth-order valence-corrected chi connectivity index (χ4v) is 1.76. The summed E-state index contributed by atoms with van der Waals surface area (Å²) in [5, 5.41) is 4.05. The highest BCUT2D eigenvalue weighted by atomic mass is 32.2. The Balaban J connectivity index is 2.56. The molecule has 92 valence electrons. The summed E-state index contributed by atoms with van der Waals surface area (Å²) in [6.07, 6.45) is 6.70. The minimum absolute atomic E-state index is 0.622. The van der Waals surface area contributed by atoms with Crippen molar-refractivity contribution in [2.75, 3.05) is 18.1 Å². The number of anilines is 1. The van der Waals surface area contributed by atoms with E-state index in [2.05, 4.69) is 41.2 Å². The average Bonchev–Trinajstić information content (AvgIpc) is 2.63. The molecular formula is C12H23N3S. The minimum Gasteiger partial charge on any atom is -0.355 e. The van der Waals surface area contributed by atoms with Crippen molar-refractivity contribution in [2.24, 2.45) is 0 Å². The highest BCUT2D eigenvalue weighted by Crippen LogP contribution is 2.12. The molecule has 1 aromatic rings. The first kappa shape index (κ1) is 13.4. The second-order valence-electron chi connectivity index (χ2n) is 4.18. The lowest BCUT2D eigenvalue weighted by molar-refractivity contribution is 0.634. The van der Waals surface area contributed by atoms with Crippen molar-refractivity contribution < 1.29 is 0 Å². The topological polar surface area (TPSA) is 29.9 Å². The Kier molecular flexibility index (Phi) is 5.74. The van der Waals surface area contributed by atoms with E-state index >= 15 is 0 Å². The summed E-state index contributed by atoms with van der Waals surface area (Å²) in [5.74, 6) is 1.02. The number of nitrogens with one attached hydrogen (secondary N) is 1. The van der Waals surface area contributed by atoms with Gasteiger partial charge >= 0.3 is 0 Å². The molecule has 3 nitrogen and oxygen atoms in total. The number of imidazole rings is 1. The zero-order valence-electron chi connectivity index (χ0n) is 10.8. The molecule has 4 heteroatoms. The zero-order chi connectivity index (χ0) is 12.0. The number of hydrogen-bond donors (Lipinski definition) is 1. The van der Waals surface area contributed by atoms with Crippen molar-refractivity contribution in [1.29, 1.82) is 0 Å². The molecule has 1 atom stereocenters. The molecule has 0 aliphatic rings. The lowest BCUT2D eigenvalue weighted by Crippen LogP contribution is -2.16. The van der Waals surface area contributed by atoms with E-state index in [0.717, 1.165) is 24.7 Å². The predicted molar refractivity (Wildman–Crippen MR) is 73.3 cm³/mol. The Morgan fingerprint density at radius 2 is 2.31 bits per heavy atom. The van der Waals surface area contributed by atoms with Gasteiger partial charge in [-0.3, -0.25) is 0 Å². The Hall–Kier alpha value is -0.640. The molecule has 0 fully saturated rings. The van der Waals surface area contributed by atoms with Gasteiger partial charge in [-0.25, -0.2) is 4.98 Å². The Morgan fingerprint density at radius 1 is 1.56 bits per heavy atom. The van der Waals surface area contributed by atoms with Crippen LogP contribution >= 0.6 is 11.8 Å². The maximum absolute atomic E-state index is 4.51. The van der Waals surface area contributed by atoms with E-state index < -0.39 is 0 Å². The van der Waals surface area contributed by atoms with Gasteiger partial charge in [0, 0.05) is 24.5 Å². The normalized spacial score (nSPS) is 12.8. The van der Waals surface area contributed by atoms with E-state index in [1.165, 1.54) is 12.8 Å². The largest absolute Gasteiger partial charge is 0.355 e. The van der Waals surface area contributed by atoms with Crippen LogP contribution in [0.2, 0.25) is 0 Å². The number of hydrogen-bond acceptors (Lipinski definition) is 3. The molecule has 1 N–H and O–H groups in total. The molecule has 1 rings (SSSR count). The fourth-order valence-electron chi connectivity index (χ4n) is 1.51. The summed E-state index contributed by atoms with van der Waals surface area (Å²) >= 11 is 1.88. The van der Waals surface area contributed by atoms with Gasteiger partial charge in [-0.2, -0.15) is 11.8 Å². The molecule has 0 bridgehead atoms. The molecule has 0 amide bonds. The van der Waals surface area contributed by atoms with E-state index in [9.17, 15) is 0 Å². The highest BCUT2D eigenvalue weighted by Gasteiger charge is 2.06. The number of unbranched alkanes of at least 4 members (excludes halogenated alkanes) is 1. The third kappa shape index (κ3) is 4.08. The minimum atomic E-state index is 0.622. The summed E-state index contributed by atoms with van der Waals surface area (Å²) in [6, 6.07) is 0. The van der Waals surface area contributed by atoms with Crippen LogP contribution in [0.15, 0.2) is 6.20 Å². The number of aromatic nitrogens is 2. The van der Waals surface area contributed by atoms with Crippen LogP contribution in [0, 0.1) is 6.92 Å². The lowest BCUT2D eigenvalue weighted by Gasteiger charge is -2.12. The molecule has 0 saturated heterocycles. The molecule has 0 aliphatic carbocycles. The van der Waals surface area contributed by atoms with Gasteiger partial charge in [0.25, 0.3) is 0 Å². The third-order valence-electron chi connectivity index (χ3n) is 2.60. The van der Waals surface area contributed by atoms with E-state index in [0.29, 0.717) is 5.25 Å². The second-order valence-corrected chi connectivity index (χ2v) is 5.46. The Bertz CT molecular complexity index is 309. The van der Waals surface area contributed by atoms with Crippen molar-refractivity contribution in [3.63, 3.8) is 0 Å². The zero-order valence-corrected chi connectivity index (χ0v) is 11.6. The van der Waals surface area contributed by atoms with Crippen LogP contribution in [0.3, 0.4) is 0 Å². The third-order valence-corrected chi connectivity index (χ3v) is 3.57. The lowest BCUT2D eigenvalue weighted by atomic mass is 10.3. The molecule has 0 aliphatic heterocycles. The number of aryl methyl sites for hydroxylation is 2.